The van der Waals surface area contributed by atoms with Crippen molar-refractivity contribution in [3.8, 4) is 0 Å². The summed E-state index contributed by atoms with van der Waals surface area (Å²) in [6.45, 7) is 4.16. The van der Waals surface area contributed by atoms with Crippen LogP contribution in [-0.4, -0.2) is 30.0 Å². The third kappa shape index (κ3) is 2.07. The molecule has 1 unspecified atom stereocenters. The summed E-state index contributed by atoms with van der Waals surface area (Å²) in [4.78, 5) is 12.7. The quantitative estimate of drug-likeness (QED) is 0.538. The highest BCUT2D eigenvalue weighted by Crippen LogP contribution is 2.27. The number of non-ortho nitro benzene ring substituents is 1. The highest BCUT2D eigenvalue weighted by molar-refractivity contribution is 5.42. The van der Waals surface area contributed by atoms with Gasteiger partial charge in [-0.25, -0.2) is 0 Å². The first-order chi connectivity index (χ1) is 7.58. The highest BCUT2D eigenvalue weighted by atomic mass is 16.6. The summed E-state index contributed by atoms with van der Waals surface area (Å²) in [5, 5.41) is 10.7. The van der Waals surface area contributed by atoms with E-state index in [2.05, 4.69) is 18.9 Å². The Balaban J connectivity index is 2.39. The molecule has 4 heteroatoms. The van der Waals surface area contributed by atoms with E-state index in [1.54, 1.807) is 12.1 Å². The highest BCUT2D eigenvalue weighted by Gasteiger charge is 2.19. The average molecular weight is 220 g/mol. The number of likely N-dealkylation sites (N-methyl/N-ethyl adjacent to an activating group) is 1. The largest absolute Gasteiger partial charge is 0.305 e. The molecule has 1 aliphatic rings. The van der Waals surface area contributed by atoms with Crippen LogP contribution in [-0.2, 0) is 6.42 Å². The van der Waals surface area contributed by atoms with Gasteiger partial charge in [0, 0.05) is 25.2 Å². The lowest BCUT2D eigenvalue weighted by atomic mass is 9.95. The van der Waals surface area contributed by atoms with E-state index in [9.17, 15) is 10.1 Å². The number of fused-ring (bicyclic) bond motifs is 1. The number of nitro groups is 1. The van der Waals surface area contributed by atoms with Crippen molar-refractivity contribution in [2.45, 2.75) is 19.3 Å². The minimum Gasteiger partial charge on any atom is -0.305 e. The van der Waals surface area contributed by atoms with Crippen molar-refractivity contribution in [2.24, 2.45) is 0 Å². The predicted octanol–water partition coefficient (Wildman–Crippen LogP) is 2.19. The van der Waals surface area contributed by atoms with E-state index < -0.39 is 0 Å². The number of hydrogen-bond acceptors (Lipinski definition) is 3. The molecule has 1 aromatic rings. The van der Waals surface area contributed by atoms with Crippen molar-refractivity contribution >= 4 is 5.69 Å². The molecular weight excluding hydrogens is 204 g/mol. The van der Waals surface area contributed by atoms with E-state index in [-0.39, 0.29) is 10.6 Å². The third-order valence-corrected chi connectivity index (χ3v) is 3.22. The van der Waals surface area contributed by atoms with Crippen molar-refractivity contribution in [3.05, 3.63) is 39.4 Å². The van der Waals surface area contributed by atoms with Crippen LogP contribution in [0.3, 0.4) is 0 Å². The van der Waals surface area contributed by atoms with E-state index in [1.165, 1.54) is 5.56 Å². The summed E-state index contributed by atoms with van der Waals surface area (Å²) in [5.74, 6) is 0.448. The van der Waals surface area contributed by atoms with Crippen LogP contribution in [0.1, 0.15) is 24.0 Å². The van der Waals surface area contributed by atoms with Crippen LogP contribution in [0, 0.1) is 10.1 Å². The number of rotatable bonds is 1. The molecule has 0 saturated heterocycles. The van der Waals surface area contributed by atoms with Gasteiger partial charge in [0.1, 0.15) is 0 Å². The SMILES string of the molecule is CC1CN(C)CCc2cc([N+](=O)[O-])ccc21. The topological polar surface area (TPSA) is 46.4 Å². The van der Waals surface area contributed by atoms with E-state index in [0.29, 0.717) is 5.92 Å². The van der Waals surface area contributed by atoms with E-state index in [0.717, 1.165) is 25.1 Å². The lowest BCUT2D eigenvalue weighted by molar-refractivity contribution is -0.384. The van der Waals surface area contributed by atoms with Crippen molar-refractivity contribution in [1.82, 2.24) is 4.90 Å². The molecule has 0 spiro atoms. The molecule has 0 N–H and O–H groups in total. The van der Waals surface area contributed by atoms with E-state index >= 15 is 0 Å². The summed E-state index contributed by atoms with van der Waals surface area (Å²) >= 11 is 0. The standard InChI is InChI=1S/C12H16N2O2/c1-9-8-13(2)6-5-10-7-11(14(15)16)3-4-12(9)10/h3-4,7,9H,5-6,8H2,1-2H3. The zero-order valence-corrected chi connectivity index (χ0v) is 9.64. The Morgan fingerprint density at radius 2 is 2.25 bits per heavy atom. The molecular formula is C12H16N2O2. The van der Waals surface area contributed by atoms with Gasteiger partial charge in [0.15, 0.2) is 0 Å². The Kier molecular flexibility index (Phi) is 2.92. The smallest absolute Gasteiger partial charge is 0.269 e. The van der Waals surface area contributed by atoms with Gasteiger partial charge in [-0.05, 0) is 30.5 Å². The first-order valence-corrected chi connectivity index (χ1v) is 5.53. The molecule has 1 heterocycles. The molecule has 1 aliphatic heterocycles. The monoisotopic (exact) mass is 220 g/mol. The fourth-order valence-corrected chi connectivity index (χ4v) is 2.37. The molecule has 1 aromatic carbocycles. The first kappa shape index (κ1) is 11.1. The Bertz CT molecular complexity index is 417. The van der Waals surface area contributed by atoms with Crippen molar-refractivity contribution in [1.29, 1.82) is 0 Å². The molecule has 0 fully saturated rings. The van der Waals surface area contributed by atoms with Gasteiger partial charge in [-0.3, -0.25) is 10.1 Å². The summed E-state index contributed by atoms with van der Waals surface area (Å²) in [5.41, 5.74) is 2.59. The van der Waals surface area contributed by atoms with Gasteiger partial charge in [0.2, 0.25) is 0 Å². The van der Waals surface area contributed by atoms with Crippen molar-refractivity contribution in [2.75, 3.05) is 20.1 Å². The van der Waals surface area contributed by atoms with Crippen LogP contribution in [0.4, 0.5) is 5.69 Å². The molecule has 4 nitrogen and oxygen atoms in total. The maximum atomic E-state index is 10.7. The second-order valence-corrected chi connectivity index (χ2v) is 4.55. The molecule has 0 aromatic heterocycles. The number of benzene rings is 1. The second-order valence-electron chi connectivity index (χ2n) is 4.55. The fraction of sp³-hybridized carbons (Fsp3) is 0.500. The van der Waals surface area contributed by atoms with Crippen molar-refractivity contribution < 1.29 is 4.92 Å². The van der Waals surface area contributed by atoms with Gasteiger partial charge < -0.3 is 4.90 Å². The first-order valence-electron chi connectivity index (χ1n) is 5.53. The van der Waals surface area contributed by atoms with Crippen LogP contribution in [0.25, 0.3) is 0 Å². The van der Waals surface area contributed by atoms with E-state index in [4.69, 9.17) is 0 Å². The maximum absolute atomic E-state index is 10.7. The Hall–Kier alpha value is -1.42. The molecule has 1 atom stereocenters. The second kappa shape index (κ2) is 4.22. The fourth-order valence-electron chi connectivity index (χ4n) is 2.37. The van der Waals surface area contributed by atoms with Crippen LogP contribution < -0.4 is 0 Å². The summed E-state index contributed by atoms with van der Waals surface area (Å²) in [6.07, 6.45) is 0.901. The van der Waals surface area contributed by atoms with Crippen molar-refractivity contribution in [3.63, 3.8) is 0 Å². The van der Waals surface area contributed by atoms with Crippen LogP contribution >= 0.6 is 0 Å². The molecule has 0 saturated carbocycles. The Labute approximate surface area is 95.0 Å². The molecule has 0 bridgehead atoms. The third-order valence-electron chi connectivity index (χ3n) is 3.22. The van der Waals surface area contributed by atoms with Gasteiger partial charge in [-0.1, -0.05) is 13.0 Å². The Morgan fingerprint density at radius 3 is 2.94 bits per heavy atom. The molecule has 2 rings (SSSR count). The van der Waals surface area contributed by atoms with Gasteiger partial charge in [0.25, 0.3) is 5.69 Å². The number of hydrogen-bond donors (Lipinski definition) is 0. The molecule has 0 amide bonds. The van der Waals surface area contributed by atoms with Crippen LogP contribution in [0.2, 0.25) is 0 Å². The zero-order chi connectivity index (χ0) is 11.7. The summed E-state index contributed by atoms with van der Waals surface area (Å²) < 4.78 is 0. The minimum absolute atomic E-state index is 0.204. The lowest BCUT2D eigenvalue weighted by Crippen LogP contribution is -2.22. The average Bonchev–Trinajstić information content (AvgIpc) is 2.38. The predicted molar refractivity (Wildman–Crippen MR) is 62.7 cm³/mol. The van der Waals surface area contributed by atoms with Gasteiger partial charge >= 0.3 is 0 Å². The molecule has 0 radical (unpaired) electrons. The minimum atomic E-state index is -0.320. The molecule has 0 aliphatic carbocycles. The van der Waals surface area contributed by atoms with Gasteiger partial charge in [0.05, 0.1) is 4.92 Å². The molecule has 86 valence electrons. The van der Waals surface area contributed by atoms with Crippen LogP contribution in [0.5, 0.6) is 0 Å². The maximum Gasteiger partial charge on any atom is 0.269 e. The summed E-state index contributed by atoms with van der Waals surface area (Å²) in [6, 6.07) is 5.25. The normalized spacial score (nSPS) is 21.2. The lowest BCUT2D eigenvalue weighted by Gasteiger charge is -2.16. The van der Waals surface area contributed by atoms with Crippen LogP contribution in [0.15, 0.2) is 18.2 Å². The molecule has 16 heavy (non-hydrogen) atoms. The number of nitrogens with zero attached hydrogens (tertiary/aromatic N) is 2. The van der Waals surface area contributed by atoms with E-state index in [1.807, 2.05) is 6.07 Å². The number of nitro benzene ring substituents is 1. The zero-order valence-electron chi connectivity index (χ0n) is 9.64. The summed E-state index contributed by atoms with van der Waals surface area (Å²) in [7, 11) is 2.09. The van der Waals surface area contributed by atoms with Gasteiger partial charge in [-0.15, -0.1) is 0 Å². The Morgan fingerprint density at radius 1 is 1.50 bits per heavy atom. The van der Waals surface area contributed by atoms with Gasteiger partial charge in [-0.2, -0.15) is 0 Å².